The second kappa shape index (κ2) is 9.13. The Morgan fingerprint density at radius 1 is 1.14 bits per heavy atom. The predicted octanol–water partition coefficient (Wildman–Crippen LogP) is 4.89. The van der Waals surface area contributed by atoms with E-state index >= 15 is 0 Å². The Balaban J connectivity index is 1.52. The van der Waals surface area contributed by atoms with Gasteiger partial charge in [0.05, 0.1) is 23.9 Å². The summed E-state index contributed by atoms with van der Waals surface area (Å²) in [5.41, 5.74) is -0.103. The van der Waals surface area contributed by atoms with E-state index in [1.165, 1.54) is 6.07 Å². The standard InChI is InChI=1S/C26H23F4N5O2/c1-25(18-10-7-16(13-19(18)27)26(28,29)30)11-3-4-21-24(33-34-35(21)25)20-14-23(36)32-22(31-20)12-15-5-8-17(37-2)9-6-15/h5-10,13-14H,3-4,11-12H2,1-2H3,(H,31,32,36)/t25-/m0/s1. The number of fused-ring (bicyclic) bond motifs is 1. The Kier molecular flexibility index (Phi) is 6.09. The Hall–Kier alpha value is -4.02. The van der Waals surface area contributed by atoms with Crippen LogP contribution in [0.15, 0.2) is 53.3 Å². The maximum Gasteiger partial charge on any atom is 0.416 e. The number of nitrogens with zero attached hydrogens (tertiary/aromatic N) is 4. The van der Waals surface area contributed by atoms with E-state index < -0.39 is 23.1 Å². The molecule has 0 fully saturated rings. The Labute approximate surface area is 209 Å². The van der Waals surface area contributed by atoms with Gasteiger partial charge in [0, 0.05) is 18.1 Å². The van der Waals surface area contributed by atoms with Crippen molar-refractivity contribution in [3.8, 4) is 17.1 Å². The molecule has 2 aromatic carbocycles. The molecule has 0 saturated heterocycles. The van der Waals surface area contributed by atoms with Crippen LogP contribution in [0.2, 0.25) is 0 Å². The van der Waals surface area contributed by atoms with Crippen molar-refractivity contribution in [2.75, 3.05) is 7.11 Å². The maximum absolute atomic E-state index is 15.0. The lowest BCUT2D eigenvalue weighted by Gasteiger charge is -2.35. The molecule has 1 aliphatic heterocycles. The normalized spacial score (nSPS) is 17.5. The molecule has 11 heteroatoms. The molecule has 0 unspecified atom stereocenters. The second-order valence-electron chi connectivity index (χ2n) is 9.22. The van der Waals surface area contributed by atoms with E-state index in [0.717, 1.165) is 17.7 Å². The predicted molar refractivity (Wildman–Crippen MR) is 127 cm³/mol. The van der Waals surface area contributed by atoms with Gasteiger partial charge in [-0.25, -0.2) is 14.1 Å². The van der Waals surface area contributed by atoms with Crippen molar-refractivity contribution in [2.45, 2.75) is 44.3 Å². The molecule has 2 aromatic heterocycles. The van der Waals surface area contributed by atoms with Crippen molar-refractivity contribution in [3.63, 3.8) is 0 Å². The molecule has 0 spiro atoms. The number of H-pyrrole nitrogens is 1. The first kappa shape index (κ1) is 24.7. The highest BCUT2D eigenvalue weighted by atomic mass is 19.4. The third-order valence-electron chi connectivity index (χ3n) is 6.75. The molecule has 5 rings (SSSR count). The monoisotopic (exact) mass is 513 g/mol. The minimum Gasteiger partial charge on any atom is -0.497 e. The molecular weight excluding hydrogens is 490 g/mol. The Morgan fingerprint density at radius 2 is 1.89 bits per heavy atom. The molecule has 0 bridgehead atoms. The summed E-state index contributed by atoms with van der Waals surface area (Å²) in [6.07, 6.45) is -2.66. The number of alkyl halides is 3. The number of hydrogen-bond donors (Lipinski definition) is 1. The topological polar surface area (TPSA) is 85.7 Å². The lowest BCUT2D eigenvalue weighted by Crippen LogP contribution is -2.38. The van der Waals surface area contributed by atoms with Crippen LogP contribution in [0.1, 0.15) is 48.0 Å². The third kappa shape index (κ3) is 4.61. The van der Waals surface area contributed by atoms with Gasteiger partial charge in [0.15, 0.2) is 0 Å². The number of benzene rings is 2. The molecule has 37 heavy (non-hydrogen) atoms. The number of methoxy groups -OCH3 is 1. The molecule has 0 radical (unpaired) electrons. The maximum atomic E-state index is 15.0. The summed E-state index contributed by atoms with van der Waals surface area (Å²) >= 11 is 0. The molecule has 1 N–H and O–H groups in total. The van der Waals surface area contributed by atoms with Crippen LogP contribution in [0.5, 0.6) is 5.75 Å². The number of aromatic nitrogens is 5. The molecule has 0 amide bonds. The molecule has 7 nitrogen and oxygen atoms in total. The summed E-state index contributed by atoms with van der Waals surface area (Å²) in [5.74, 6) is 0.183. The minimum absolute atomic E-state index is 0.0944. The fraction of sp³-hybridized carbons (Fsp3) is 0.308. The van der Waals surface area contributed by atoms with Gasteiger partial charge in [-0.1, -0.05) is 23.4 Å². The SMILES string of the molecule is COc1ccc(Cc2nc(-c3nnn4c3CCC[C@@]4(C)c3ccc(C(F)(F)F)cc3F)cc(=O)[nH]2)cc1. The highest BCUT2D eigenvalue weighted by Gasteiger charge is 2.40. The van der Waals surface area contributed by atoms with Crippen LogP contribution in [-0.4, -0.2) is 32.1 Å². The van der Waals surface area contributed by atoms with Gasteiger partial charge < -0.3 is 9.72 Å². The molecule has 192 valence electrons. The van der Waals surface area contributed by atoms with Crippen LogP contribution in [0.3, 0.4) is 0 Å². The quantitative estimate of drug-likeness (QED) is 0.385. The van der Waals surface area contributed by atoms with E-state index in [1.807, 2.05) is 24.3 Å². The average Bonchev–Trinajstić information content (AvgIpc) is 3.29. The number of ether oxygens (including phenoxy) is 1. The third-order valence-corrected chi connectivity index (χ3v) is 6.75. The fourth-order valence-corrected chi connectivity index (χ4v) is 4.85. The molecule has 1 aliphatic rings. The number of rotatable bonds is 5. The molecular formula is C26H23F4N5O2. The summed E-state index contributed by atoms with van der Waals surface area (Å²) in [6.45, 7) is 1.72. The average molecular weight is 513 g/mol. The number of halogens is 4. The van der Waals surface area contributed by atoms with E-state index in [2.05, 4.69) is 20.3 Å². The molecule has 0 aliphatic carbocycles. The molecule has 3 heterocycles. The number of aromatic amines is 1. The molecule has 4 aromatic rings. The van der Waals surface area contributed by atoms with Crippen LogP contribution in [0.25, 0.3) is 11.4 Å². The van der Waals surface area contributed by atoms with Gasteiger partial charge >= 0.3 is 6.18 Å². The largest absolute Gasteiger partial charge is 0.497 e. The molecule has 0 saturated carbocycles. The summed E-state index contributed by atoms with van der Waals surface area (Å²) in [7, 11) is 1.58. The lowest BCUT2D eigenvalue weighted by atomic mass is 9.82. The van der Waals surface area contributed by atoms with Crippen LogP contribution in [0, 0.1) is 5.82 Å². The van der Waals surface area contributed by atoms with Gasteiger partial charge in [-0.2, -0.15) is 13.2 Å². The smallest absolute Gasteiger partial charge is 0.416 e. The van der Waals surface area contributed by atoms with Crippen molar-refractivity contribution < 1.29 is 22.3 Å². The van der Waals surface area contributed by atoms with Crippen molar-refractivity contribution >= 4 is 0 Å². The van der Waals surface area contributed by atoms with Crippen molar-refractivity contribution in [1.29, 1.82) is 0 Å². The van der Waals surface area contributed by atoms with Gasteiger partial charge in [-0.3, -0.25) is 4.79 Å². The minimum atomic E-state index is -4.64. The van der Waals surface area contributed by atoms with Gasteiger partial charge in [0.1, 0.15) is 28.8 Å². The zero-order valence-electron chi connectivity index (χ0n) is 20.1. The van der Waals surface area contributed by atoms with E-state index in [1.54, 1.807) is 18.7 Å². The first-order valence-corrected chi connectivity index (χ1v) is 11.6. The van der Waals surface area contributed by atoms with Crippen molar-refractivity contribution in [1.82, 2.24) is 25.0 Å². The lowest BCUT2D eigenvalue weighted by molar-refractivity contribution is -0.137. The Bertz CT molecular complexity index is 1510. The number of nitrogens with one attached hydrogen (secondary N) is 1. The number of hydrogen-bond acceptors (Lipinski definition) is 5. The van der Waals surface area contributed by atoms with Gasteiger partial charge in [0.2, 0.25) is 0 Å². The zero-order valence-corrected chi connectivity index (χ0v) is 20.1. The summed E-state index contributed by atoms with van der Waals surface area (Å²) in [5, 5.41) is 8.52. The van der Waals surface area contributed by atoms with Crippen LogP contribution in [-0.2, 0) is 24.6 Å². The fourth-order valence-electron chi connectivity index (χ4n) is 4.85. The summed E-state index contributed by atoms with van der Waals surface area (Å²) in [6, 6.07) is 11.2. The van der Waals surface area contributed by atoms with Crippen LogP contribution >= 0.6 is 0 Å². The van der Waals surface area contributed by atoms with Crippen LogP contribution < -0.4 is 10.3 Å². The highest BCUT2D eigenvalue weighted by Crippen LogP contribution is 2.41. The van der Waals surface area contributed by atoms with Gasteiger partial charge in [-0.15, -0.1) is 5.10 Å². The van der Waals surface area contributed by atoms with Gasteiger partial charge in [-0.05, 0) is 56.0 Å². The molecule has 1 atom stereocenters. The zero-order chi connectivity index (χ0) is 26.4. The van der Waals surface area contributed by atoms with Gasteiger partial charge in [0.25, 0.3) is 5.56 Å². The van der Waals surface area contributed by atoms with Crippen LogP contribution in [0.4, 0.5) is 17.6 Å². The summed E-state index contributed by atoms with van der Waals surface area (Å²) < 4.78 is 60.9. The highest BCUT2D eigenvalue weighted by molar-refractivity contribution is 5.57. The Morgan fingerprint density at radius 3 is 2.57 bits per heavy atom. The van der Waals surface area contributed by atoms with E-state index in [9.17, 15) is 22.4 Å². The summed E-state index contributed by atoms with van der Waals surface area (Å²) in [4.78, 5) is 19.8. The van der Waals surface area contributed by atoms with E-state index in [0.29, 0.717) is 60.4 Å². The van der Waals surface area contributed by atoms with Crippen molar-refractivity contribution in [2.24, 2.45) is 0 Å². The van der Waals surface area contributed by atoms with Crippen molar-refractivity contribution in [3.05, 3.63) is 92.9 Å². The van der Waals surface area contributed by atoms with E-state index in [-0.39, 0.29) is 11.1 Å². The first-order chi connectivity index (χ1) is 17.6. The first-order valence-electron chi connectivity index (χ1n) is 11.6. The second-order valence-corrected chi connectivity index (χ2v) is 9.22. The van der Waals surface area contributed by atoms with E-state index in [4.69, 9.17) is 4.74 Å².